The Kier molecular flexibility index (Phi) is 5.48. The van der Waals surface area contributed by atoms with Crippen molar-refractivity contribution in [2.45, 2.75) is 26.3 Å². The standard InChI is InChI=1S/C21H26ClN3O3S/c1-15-13-20(16(2)25(15)18-5-3-17(22)4-6-18)21(26)24-10-8-23(9-11-24)19-7-12-29(27,28)14-19/h3-6,13,19H,7-12,14H2,1-2H3. The monoisotopic (exact) mass is 435 g/mol. The summed E-state index contributed by atoms with van der Waals surface area (Å²) in [7, 11) is -2.89. The number of rotatable bonds is 3. The molecular weight excluding hydrogens is 410 g/mol. The van der Waals surface area contributed by atoms with Crippen molar-refractivity contribution in [3.8, 4) is 5.69 Å². The second kappa shape index (κ2) is 7.78. The first-order valence-electron chi connectivity index (χ1n) is 9.94. The number of hydrogen-bond donors (Lipinski definition) is 0. The highest BCUT2D eigenvalue weighted by Crippen LogP contribution is 2.25. The average molecular weight is 436 g/mol. The second-order valence-electron chi connectivity index (χ2n) is 7.98. The highest BCUT2D eigenvalue weighted by Gasteiger charge is 2.34. The largest absolute Gasteiger partial charge is 0.336 e. The summed E-state index contributed by atoms with van der Waals surface area (Å²) in [6.45, 7) is 6.66. The third-order valence-corrected chi connectivity index (χ3v) is 8.07. The number of aryl methyl sites for hydroxylation is 1. The molecule has 29 heavy (non-hydrogen) atoms. The minimum absolute atomic E-state index is 0.0389. The molecule has 2 fully saturated rings. The first kappa shape index (κ1) is 20.4. The number of aromatic nitrogens is 1. The molecule has 1 aromatic carbocycles. The van der Waals surface area contributed by atoms with Crippen LogP contribution in [0.5, 0.6) is 0 Å². The highest BCUT2D eigenvalue weighted by atomic mass is 35.5. The quantitative estimate of drug-likeness (QED) is 0.743. The number of amides is 1. The van der Waals surface area contributed by atoms with E-state index < -0.39 is 9.84 Å². The highest BCUT2D eigenvalue weighted by molar-refractivity contribution is 7.91. The Bertz CT molecular complexity index is 1020. The van der Waals surface area contributed by atoms with Gasteiger partial charge in [0.15, 0.2) is 9.84 Å². The molecule has 0 aliphatic carbocycles. The third-order valence-electron chi connectivity index (χ3n) is 6.07. The number of hydrogen-bond acceptors (Lipinski definition) is 4. The Morgan fingerprint density at radius 1 is 1.07 bits per heavy atom. The van der Waals surface area contributed by atoms with Crippen molar-refractivity contribution < 1.29 is 13.2 Å². The SMILES string of the molecule is Cc1cc(C(=O)N2CCN(C3CCS(=O)(=O)C3)CC2)c(C)n1-c1ccc(Cl)cc1. The van der Waals surface area contributed by atoms with E-state index in [4.69, 9.17) is 11.6 Å². The summed E-state index contributed by atoms with van der Waals surface area (Å²) in [4.78, 5) is 17.3. The van der Waals surface area contributed by atoms with Crippen LogP contribution < -0.4 is 0 Å². The Balaban J connectivity index is 1.47. The van der Waals surface area contributed by atoms with Crippen LogP contribution in [0.4, 0.5) is 0 Å². The van der Waals surface area contributed by atoms with Crippen molar-refractivity contribution in [2.24, 2.45) is 0 Å². The molecular formula is C21H26ClN3O3S. The first-order chi connectivity index (χ1) is 13.7. The Morgan fingerprint density at radius 2 is 1.72 bits per heavy atom. The molecule has 6 nitrogen and oxygen atoms in total. The number of carbonyl (C=O) groups excluding carboxylic acids is 1. The number of sulfone groups is 1. The van der Waals surface area contributed by atoms with E-state index in [-0.39, 0.29) is 23.5 Å². The Labute approximate surface area is 177 Å². The zero-order chi connectivity index (χ0) is 20.8. The number of halogens is 1. The van der Waals surface area contributed by atoms with E-state index in [0.29, 0.717) is 30.1 Å². The summed E-state index contributed by atoms with van der Waals surface area (Å²) in [6, 6.07) is 9.64. The van der Waals surface area contributed by atoms with E-state index in [0.717, 1.165) is 30.2 Å². The topological polar surface area (TPSA) is 62.6 Å². The number of piperazine rings is 1. The lowest BCUT2D eigenvalue weighted by atomic mass is 10.1. The fraction of sp³-hybridized carbons (Fsp3) is 0.476. The average Bonchev–Trinajstić information content (AvgIpc) is 3.21. The maximum Gasteiger partial charge on any atom is 0.255 e. The summed E-state index contributed by atoms with van der Waals surface area (Å²) in [5.41, 5.74) is 3.62. The van der Waals surface area contributed by atoms with Crippen molar-refractivity contribution in [2.75, 3.05) is 37.7 Å². The summed E-state index contributed by atoms with van der Waals surface area (Å²) in [6.07, 6.45) is 0.707. The van der Waals surface area contributed by atoms with Gasteiger partial charge < -0.3 is 9.47 Å². The van der Waals surface area contributed by atoms with Gasteiger partial charge in [-0.05, 0) is 50.6 Å². The third kappa shape index (κ3) is 4.09. The maximum atomic E-state index is 13.2. The van der Waals surface area contributed by atoms with E-state index in [1.165, 1.54) is 0 Å². The van der Waals surface area contributed by atoms with Gasteiger partial charge in [-0.1, -0.05) is 11.6 Å². The van der Waals surface area contributed by atoms with Crippen LogP contribution in [0.15, 0.2) is 30.3 Å². The van der Waals surface area contributed by atoms with E-state index >= 15 is 0 Å². The summed E-state index contributed by atoms with van der Waals surface area (Å²) < 4.78 is 25.6. The van der Waals surface area contributed by atoms with Crippen LogP contribution in [0.1, 0.15) is 28.2 Å². The molecule has 0 bridgehead atoms. The van der Waals surface area contributed by atoms with Crippen LogP contribution >= 0.6 is 11.6 Å². The summed E-state index contributed by atoms with van der Waals surface area (Å²) >= 11 is 6.00. The molecule has 2 aromatic rings. The van der Waals surface area contributed by atoms with Crippen molar-refractivity contribution >= 4 is 27.3 Å². The molecule has 1 aromatic heterocycles. The van der Waals surface area contributed by atoms with E-state index in [1.807, 2.05) is 49.1 Å². The van der Waals surface area contributed by atoms with Gasteiger partial charge in [0.1, 0.15) is 0 Å². The molecule has 0 N–H and O–H groups in total. The number of carbonyl (C=O) groups is 1. The number of benzene rings is 1. The molecule has 3 heterocycles. The van der Waals surface area contributed by atoms with Crippen LogP contribution in [0.3, 0.4) is 0 Å². The number of nitrogens with zero attached hydrogens (tertiary/aromatic N) is 3. The van der Waals surface area contributed by atoms with Crippen LogP contribution in [-0.4, -0.2) is 72.4 Å². The molecule has 4 rings (SSSR count). The molecule has 156 valence electrons. The Hall–Kier alpha value is -1.83. The van der Waals surface area contributed by atoms with E-state index in [9.17, 15) is 13.2 Å². The van der Waals surface area contributed by atoms with Crippen LogP contribution in [0.25, 0.3) is 5.69 Å². The lowest BCUT2D eigenvalue weighted by Crippen LogP contribution is -2.52. The van der Waals surface area contributed by atoms with Crippen LogP contribution in [0.2, 0.25) is 5.02 Å². The predicted molar refractivity (Wildman–Crippen MR) is 115 cm³/mol. The van der Waals surface area contributed by atoms with Crippen LogP contribution in [0, 0.1) is 13.8 Å². The predicted octanol–water partition coefficient (Wildman–Crippen LogP) is 2.69. The molecule has 2 aliphatic rings. The normalized spacial score (nSPS) is 22.2. The van der Waals surface area contributed by atoms with Gasteiger partial charge in [0.25, 0.3) is 5.91 Å². The maximum absolute atomic E-state index is 13.2. The molecule has 1 atom stereocenters. The van der Waals surface area contributed by atoms with Gasteiger partial charge in [-0.2, -0.15) is 0 Å². The lowest BCUT2D eigenvalue weighted by molar-refractivity contribution is 0.0587. The van der Waals surface area contributed by atoms with E-state index in [2.05, 4.69) is 9.47 Å². The minimum Gasteiger partial charge on any atom is -0.336 e. The summed E-state index contributed by atoms with van der Waals surface area (Å²) in [5, 5.41) is 0.681. The van der Waals surface area contributed by atoms with Crippen LogP contribution in [-0.2, 0) is 9.84 Å². The molecule has 0 saturated carbocycles. The molecule has 2 aliphatic heterocycles. The molecule has 0 radical (unpaired) electrons. The van der Waals surface area contributed by atoms with Gasteiger partial charge in [-0.25, -0.2) is 8.42 Å². The zero-order valence-corrected chi connectivity index (χ0v) is 18.3. The molecule has 1 amide bonds. The van der Waals surface area contributed by atoms with Gasteiger partial charge in [-0.3, -0.25) is 9.69 Å². The zero-order valence-electron chi connectivity index (χ0n) is 16.8. The van der Waals surface area contributed by atoms with Crippen molar-refractivity contribution in [1.82, 2.24) is 14.4 Å². The lowest BCUT2D eigenvalue weighted by Gasteiger charge is -2.37. The molecule has 1 unspecified atom stereocenters. The van der Waals surface area contributed by atoms with Gasteiger partial charge in [0.2, 0.25) is 0 Å². The summed E-state index contributed by atoms with van der Waals surface area (Å²) in [5.74, 6) is 0.577. The molecule has 8 heteroatoms. The molecule has 0 spiro atoms. The van der Waals surface area contributed by atoms with Crippen molar-refractivity contribution in [1.29, 1.82) is 0 Å². The first-order valence-corrected chi connectivity index (χ1v) is 12.1. The molecule has 2 saturated heterocycles. The second-order valence-corrected chi connectivity index (χ2v) is 10.6. The van der Waals surface area contributed by atoms with Gasteiger partial charge in [0, 0.05) is 54.3 Å². The minimum atomic E-state index is -2.89. The van der Waals surface area contributed by atoms with Crippen molar-refractivity contribution in [3.63, 3.8) is 0 Å². The fourth-order valence-electron chi connectivity index (χ4n) is 4.49. The van der Waals surface area contributed by atoms with Gasteiger partial charge in [-0.15, -0.1) is 0 Å². The van der Waals surface area contributed by atoms with E-state index in [1.54, 1.807) is 0 Å². The van der Waals surface area contributed by atoms with Gasteiger partial charge >= 0.3 is 0 Å². The fourth-order valence-corrected chi connectivity index (χ4v) is 6.38. The van der Waals surface area contributed by atoms with Gasteiger partial charge in [0.05, 0.1) is 17.1 Å². The van der Waals surface area contributed by atoms with Crippen molar-refractivity contribution in [3.05, 3.63) is 52.3 Å². The Morgan fingerprint density at radius 3 is 2.31 bits per heavy atom. The smallest absolute Gasteiger partial charge is 0.255 e.